The maximum Gasteiger partial charge on any atom is 0.226 e. The molecule has 0 spiro atoms. The van der Waals surface area contributed by atoms with Gasteiger partial charge in [-0.2, -0.15) is 0 Å². The van der Waals surface area contributed by atoms with Crippen molar-refractivity contribution in [1.29, 1.82) is 0 Å². The lowest BCUT2D eigenvalue weighted by atomic mass is 9.92. The Kier molecular flexibility index (Phi) is 14.8. The molecule has 37 heavy (non-hydrogen) atoms. The van der Waals surface area contributed by atoms with Gasteiger partial charge < -0.3 is 15.8 Å². The Morgan fingerprint density at radius 3 is 2.73 bits per heavy atom. The molecule has 1 aliphatic carbocycles. The number of nitrogens with one attached hydrogen (secondary N) is 2. The maximum atomic E-state index is 11.5. The van der Waals surface area contributed by atoms with Gasteiger partial charge in [0.1, 0.15) is 6.29 Å². The molecule has 204 valence electrons. The predicted molar refractivity (Wildman–Crippen MR) is 146 cm³/mol. The average molecular weight is 513 g/mol. The van der Waals surface area contributed by atoms with Crippen molar-refractivity contribution in [2.75, 3.05) is 26.8 Å². The molecule has 8 heteroatoms. The SMILES string of the molecule is CC(CCC(=O)NC=O)N(C)Cc1cc(C#CCCOCCCCNC2CCC(N)CC2)ccc1C=O. The predicted octanol–water partition coefficient (Wildman–Crippen LogP) is 2.77. The van der Waals surface area contributed by atoms with Gasteiger partial charge in [0.05, 0.1) is 6.61 Å². The minimum absolute atomic E-state index is 0.103. The molecule has 2 amide bonds. The number of ether oxygens (including phenoxy) is 1. The van der Waals surface area contributed by atoms with Crippen molar-refractivity contribution < 1.29 is 19.1 Å². The number of nitrogens with zero attached hydrogens (tertiary/aromatic N) is 1. The molecule has 1 saturated carbocycles. The Morgan fingerprint density at radius 1 is 1.22 bits per heavy atom. The number of hydrogen-bond acceptors (Lipinski definition) is 7. The minimum Gasteiger partial charge on any atom is -0.380 e. The molecule has 0 radical (unpaired) electrons. The van der Waals surface area contributed by atoms with Gasteiger partial charge in [-0.25, -0.2) is 0 Å². The molecule has 8 nitrogen and oxygen atoms in total. The Morgan fingerprint density at radius 2 is 2.00 bits per heavy atom. The molecule has 0 aliphatic heterocycles. The third-order valence-corrected chi connectivity index (χ3v) is 6.98. The normalized spacial score (nSPS) is 18.1. The van der Waals surface area contributed by atoms with E-state index in [0.29, 0.717) is 50.1 Å². The second-order valence-corrected chi connectivity index (χ2v) is 9.96. The fourth-order valence-corrected chi connectivity index (χ4v) is 4.41. The smallest absolute Gasteiger partial charge is 0.226 e. The summed E-state index contributed by atoms with van der Waals surface area (Å²) < 4.78 is 5.72. The first-order valence-corrected chi connectivity index (χ1v) is 13.5. The number of amides is 2. The number of carbonyl (C=O) groups is 3. The van der Waals surface area contributed by atoms with Gasteiger partial charge in [-0.1, -0.05) is 17.9 Å². The molecule has 1 fully saturated rings. The van der Waals surface area contributed by atoms with Crippen LogP contribution in [0.4, 0.5) is 0 Å². The van der Waals surface area contributed by atoms with Crippen molar-refractivity contribution in [2.24, 2.45) is 5.73 Å². The molecule has 1 aromatic rings. The molecule has 1 unspecified atom stereocenters. The van der Waals surface area contributed by atoms with Gasteiger partial charge in [-0.3, -0.25) is 24.6 Å². The standard InChI is InChI=1S/C29H44N4O4/c1-23(8-15-29(36)32-22-35)33(2)20-26-19-24(9-10-25(26)21-34)7-3-5-17-37-18-6-4-16-31-28-13-11-27(30)12-14-28/h9-10,19,21-23,27-28,31H,4-6,8,11-18,20,30H2,1-2H3,(H,32,35,36). The molecule has 0 aromatic heterocycles. The van der Waals surface area contributed by atoms with Crippen molar-refractivity contribution in [2.45, 2.75) is 89.4 Å². The second kappa shape index (κ2) is 17.8. The molecule has 0 heterocycles. The van der Waals surface area contributed by atoms with Crippen molar-refractivity contribution in [3.8, 4) is 11.8 Å². The zero-order valence-corrected chi connectivity index (χ0v) is 22.5. The second-order valence-electron chi connectivity index (χ2n) is 9.96. The summed E-state index contributed by atoms with van der Waals surface area (Å²) in [5.41, 5.74) is 8.35. The van der Waals surface area contributed by atoms with E-state index in [1.54, 1.807) is 6.07 Å². The maximum absolute atomic E-state index is 11.5. The number of aldehydes is 1. The highest BCUT2D eigenvalue weighted by molar-refractivity contribution is 5.85. The van der Waals surface area contributed by atoms with E-state index in [2.05, 4.69) is 27.4 Å². The molecule has 4 N–H and O–H groups in total. The van der Waals surface area contributed by atoms with Crippen LogP contribution in [-0.2, 0) is 20.9 Å². The molecule has 2 rings (SSSR count). The topological polar surface area (TPSA) is 114 Å². The van der Waals surface area contributed by atoms with E-state index in [0.717, 1.165) is 56.2 Å². The highest BCUT2D eigenvalue weighted by Crippen LogP contribution is 2.17. The van der Waals surface area contributed by atoms with E-state index in [-0.39, 0.29) is 18.4 Å². The van der Waals surface area contributed by atoms with Crippen molar-refractivity contribution in [3.05, 3.63) is 34.9 Å². The van der Waals surface area contributed by atoms with Crippen LogP contribution in [0, 0.1) is 11.8 Å². The van der Waals surface area contributed by atoms with Gasteiger partial charge >= 0.3 is 0 Å². The molecule has 0 saturated heterocycles. The third kappa shape index (κ3) is 12.5. The number of carbonyl (C=O) groups excluding carboxylic acids is 3. The lowest BCUT2D eigenvalue weighted by Crippen LogP contribution is -2.37. The largest absolute Gasteiger partial charge is 0.380 e. The molecular formula is C29H44N4O4. The molecule has 1 atom stereocenters. The van der Waals surface area contributed by atoms with Crippen LogP contribution < -0.4 is 16.4 Å². The van der Waals surface area contributed by atoms with Gasteiger partial charge in [0, 0.05) is 55.2 Å². The van der Waals surface area contributed by atoms with E-state index in [1.165, 1.54) is 12.8 Å². The number of benzene rings is 1. The Labute approximate surface area is 222 Å². The molecule has 1 aromatic carbocycles. The molecule has 0 bridgehead atoms. The summed E-state index contributed by atoms with van der Waals surface area (Å²) in [6.07, 6.45) is 9.59. The summed E-state index contributed by atoms with van der Waals surface area (Å²) in [5, 5.41) is 5.79. The summed E-state index contributed by atoms with van der Waals surface area (Å²) in [7, 11) is 1.95. The van der Waals surface area contributed by atoms with Crippen LogP contribution in [0.5, 0.6) is 0 Å². The quantitative estimate of drug-likeness (QED) is 0.177. The van der Waals surface area contributed by atoms with Crippen LogP contribution in [0.1, 0.15) is 86.2 Å². The minimum atomic E-state index is -0.289. The van der Waals surface area contributed by atoms with Crippen molar-refractivity contribution in [3.63, 3.8) is 0 Å². The first kappa shape index (κ1) is 30.7. The number of imide groups is 1. The number of rotatable bonds is 16. The van der Waals surface area contributed by atoms with Gasteiger partial charge in [0.15, 0.2) is 0 Å². The van der Waals surface area contributed by atoms with E-state index in [1.807, 2.05) is 26.1 Å². The monoisotopic (exact) mass is 512 g/mol. The van der Waals surface area contributed by atoms with E-state index < -0.39 is 0 Å². The van der Waals surface area contributed by atoms with Crippen LogP contribution in [0.25, 0.3) is 0 Å². The summed E-state index contributed by atoms with van der Waals surface area (Å²) in [4.78, 5) is 35.5. The fourth-order valence-electron chi connectivity index (χ4n) is 4.41. The van der Waals surface area contributed by atoms with Gasteiger partial charge in [-0.05, 0) is 83.2 Å². The van der Waals surface area contributed by atoms with Crippen LogP contribution >= 0.6 is 0 Å². The zero-order chi connectivity index (χ0) is 26.9. The molecule has 1 aliphatic rings. The first-order chi connectivity index (χ1) is 17.9. The summed E-state index contributed by atoms with van der Waals surface area (Å²) in [5.74, 6) is 6.05. The lowest BCUT2D eigenvalue weighted by molar-refractivity contribution is -0.125. The zero-order valence-electron chi connectivity index (χ0n) is 22.5. The van der Waals surface area contributed by atoms with E-state index in [4.69, 9.17) is 10.5 Å². The first-order valence-electron chi connectivity index (χ1n) is 13.5. The third-order valence-electron chi connectivity index (χ3n) is 6.98. The fraction of sp³-hybridized carbons (Fsp3) is 0.621. The van der Waals surface area contributed by atoms with Crippen LogP contribution in [0.2, 0.25) is 0 Å². The van der Waals surface area contributed by atoms with Gasteiger partial charge in [-0.15, -0.1) is 0 Å². The van der Waals surface area contributed by atoms with Crippen molar-refractivity contribution in [1.82, 2.24) is 15.5 Å². The van der Waals surface area contributed by atoms with E-state index >= 15 is 0 Å². The van der Waals surface area contributed by atoms with Crippen LogP contribution in [-0.4, -0.2) is 68.4 Å². The van der Waals surface area contributed by atoms with Crippen LogP contribution in [0.3, 0.4) is 0 Å². The Hall–Kier alpha value is -2.57. The average Bonchev–Trinajstić information content (AvgIpc) is 2.89. The summed E-state index contributed by atoms with van der Waals surface area (Å²) in [6, 6.07) is 6.74. The highest BCUT2D eigenvalue weighted by Gasteiger charge is 2.17. The Balaban J connectivity index is 1.67. The lowest BCUT2D eigenvalue weighted by Gasteiger charge is -2.26. The van der Waals surface area contributed by atoms with Crippen molar-refractivity contribution >= 4 is 18.6 Å². The Bertz CT molecular complexity index is 903. The number of hydrogen-bond donors (Lipinski definition) is 3. The summed E-state index contributed by atoms with van der Waals surface area (Å²) >= 11 is 0. The molecular weight excluding hydrogens is 468 g/mol. The van der Waals surface area contributed by atoms with Gasteiger partial charge in [0.2, 0.25) is 12.3 Å². The van der Waals surface area contributed by atoms with Gasteiger partial charge in [0.25, 0.3) is 0 Å². The van der Waals surface area contributed by atoms with Crippen LogP contribution in [0.15, 0.2) is 18.2 Å². The number of nitrogens with two attached hydrogens (primary N) is 1. The number of unbranched alkanes of at least 4 members (excludes halogenated alkanes) is 1. The highest BCUT2D eigenvalue weighted by atomic mass is 16.5. The summed E-state index contributed by atoms with van der Waals surface area (Å²) in [6.45, 7) is 4.97. The van der Waals surface area contributed by atoms with E-state index in [9.17, 15) is 14.4 Å².